The number of rotatable bonds is 7. The minimum Gasteiger partial charge on any atom is -0.338 e. The van der Waals surface area contributed by atoms with Crippen molar-refractivity contribution < 1.29 is 4.79 Å². The fourth-order valence-electron chi connectivity index (χ4n) is 3.31. The number of urea groups is 1. The van der Waals surface area contributed by atoms with E-state index in [9.17, 15) is 4.79 Å². The first-order chi connectivity index (χ1) is 11.6. The van der Waals surface area contributed by atoms with Gasteiger partial charge >= 0.3 is 6.03 Å². The van der Waals surface area contributed by atoms with Gasteiger partial charge in [0, 0.05) is 44.6 Å². The first-order valence-corrected chi connectivity index (χ1v) is 9.29. The summed E-state index contributed by atoms with van der Waals surface area (Å²) in [7, 11) is 2.14. The highest BCUT2D eigenvalue weighted by Crippen LogP contribution is 2.26. The van der Waals surface area contributed by atoms with Gasteiger partial charge in [-0.2, -0.15) is 0 Å². The molecule has 1 aliphatic heterocycles. The van der Waals surface area contributed by atoms with E-state index in [1.807, 2.05) is 0 Å². The normalized spacial score (nSPS) is 18.8. The highest BCUT2D eigenvalue weighted by Gasteiger charge is 2.29. The van der Waals surface area contributed by atoms with Crippen molar-refractivity contribution in [2.75, 3.05) is 20.1 Å². The predicted octanol–water partition coefficient (Wildman–Crippen LogP) is 1.33. The van der Waals surface area contributed by atoms with Crippen molar-refractivity contribution in [1.82, 2.24) is 30.3 Å². The number of amides is 2. The van der Waals surface area contributed by atoms with Crippen LogP contribution in [0.5, 0.6) is 0 Å². The number of likely N-dealkylation sites (N-methyl/N-ethyl adjacent to an activating group) is 1. The summed E-state index contributed by atoms with van der Waals surface area (Å²) >= 11 is 0. The van der Waals surface area contributed by atoms with E-state index in [-0.39, 0.29) is 6.03 Å². The molecule has 0 saturated heterocycles. The Morgan fingerprint density at radius 1 is 1.29 bits per heavy atom. The maximum atomic E-state index is 11.9. The standard InChI is InChI=1S/C17H30N6O/c1-13(22(2)14-7-8-14)12-19-17(24)18-10-9-16-21-20-15-6-4-3-5-11-23(15)16/h13-14H,3-12H2,1-2H3,(H2,18,19,24). The van der Waals surface area contributed by atoms with E-state index in [1.165, 1.54) is 32.1 Å². The zero-order valence-electron chi connectivity index (χ0n) is 14.9. The van der Waals surface area contributed by atoms with Crippen molar-refractivity contribution in [1.29, 1.82) is 0 Å². The average molecular weight is 334 g/mol. The molecule has 1 unspecified atom stereocenters. The molecule has 2 N–H and O–H groups in total. The molecule has 0 aromatic carbocycles. The van der Waals surface area contributed by atoms with E-state index >= 15 is 0 Å². The third-order valence-electron chi connectivity index (χ3n) is 5.20. The summed E-state index contributed by atoms with van der Waals surface area (Å²) in [6.45, 7) is 4.44. The number of nitrogens with one attached hydrogen (secondary N) is 2. The Balaban J connectivity index is 1.37. The van der Waals surface area contributed by atoms with E-state index in [1.54, 1.807) is 0 Å². The molecule has 0 radical (unpaired) electrons. The van der Waals surface area contributed by atoms with Crippen LogP contribution >= 0.6 is 0 Å². The van der Waals surface area contributed by atoms with Gasteiger partial charge in [-0.1, -0.05) is 6.42 Å². The summed E-state index contributed by atoms with van der Waals surface area (Å²) in [6.07, 6.45) is 7.98. The van der Waals surface area contributed by atoms with Gasteiger partial charge in [0.05, 0.1) is 0 Å². The van der Waals surface area contributed by atoms with E-state index in [2.05, 4.69) is 44.3 Å². The topological polar surface area (TPSA) is 75.1 Å². The summed E-state index contributed by atoms with van der Waals surface area (Å²) in [5.74, 6) is 2.10. The Morgan fingerprint density at radius 2 is 2.12 bits per heavy atom. The Bertz CT molecular complexity index is 553. The molecule has 2 heterocycles. The minimum atomic E-state index is -0.0957. The maximum Gasteiger partial charge on any atom is 0.314 e. The number of hydrogen-bond donors (Lipinski definition) is 2. The molecule has 1 aliphatic carbocycles. The molecule has 1 fully saturated rings. The fourth-order valence-corrected chi connectivity index (χ4v) is 3.31. The summed E-state index contributed by atoms with van der Waals surface area (Å²) < 4.78 is 2.24. The highest BCUT2D eigenvalue weighted by atomic mass is 16.2. The largest absolute Gasteiger partial charge is 0.338 e. The lowest BCUT2D eigenvalue weighted by Gasteiger charge is -2.24. The molecule has 0 spiro atoms. The zero-order valence-corrected chi connectivity index (χ0v) is 14.9. The smallest absolute Gasteiger partial charge is 0.314 e. The molecule has 1 aromatic rings. The van der Waals surface area contributed by atoms with Crippen molar-refractivity contribution in [3.8, 4) is 0 Å². The van der Waals surface area contributed by atoms with E-state index in [0.29, 0.717) is 25.2 Å². The molecule has 1 aromatic heterocycles. The van der Waals surface area contributed by atoms with Crippen LogP contribution in [-0.2, 0) is 19.4 Å². The average Bonchev–Trinajstić information content (AvgIpc) is 3.39. The lowest BCUT2D eigenvalue weighted by atomic mass is 10.2. The van der Waals surface area contributed by atoms with Gasteiger partial charge in [0.1, 0.15) is 11.6 Å². The van der Waals surface area contributed by atoms with Crippen LogP contribution in [0.1, 0.15) is 50.7 Å². The molecule has 2 aliphatic rings. The van der Waals surface area contributed by atoms with E-state index in [4.69, 9.17) is 0 Å². The first kappa shape index (κ1) is 17.2. The molecule has 7 nitrogen and oxygen atoms in total. The lowest BCUT2D eigenvalue weighted by Crippen LogP contribution is -2.45. The summed E-state index contributed by atoms with van der Waals surface area (Å²) in [5, 5.41) is 14.5. The summed E-state index contributed by atoms with van der Waals surface area (Å²) in [6, 6.07) is 0.991. The molecule has 7 heteroatoms. The molecule has 0 bridgehead atoms. The highest BCUT2D eigenvalue weighted by molar-refractivity contribution is 5.73. The van der Waals surface area contributed by atoms with Gasteiger partial charge in [0.25, 0.3) is 0 Å². The Labute approximate surface area is 144 Å². The SMILES string of the molecule is CC(CNC(=O)NCCc1nnc2n1CCCCC2)N(C)C1CC1. The zero-order chi connectivity index (χ0) is 16.9. The van der Waals surface area contributed by atoms with Gasteiger partial charge in [-0.05, 0) is 39.7 Å². The molecular weight excluding hydrogens is 304 g/mol. The fraction of sp³-hybridized carbons (Fsp3) is 0.824. The first-order valence-electron chi connectivity index (χ1n) is 9.29. The second-order valence-electron chi connectivity index (χ2n) is 7.13. The van der Waals surface area contributed by atoms with Crippen LogP contribution in [0.15, 0.2) is 0 Å². The second-order valence-corrected chi connectivity index (χ2v) is 7.13. The predicted molar refractivity (Wildman–Crippen MR) is 92.9 cm³/mol. The Hall–Kier alpha value is -1.63. The van der Waals surface area contributed by atoms with Crippen LogP contribution in [0.3, 0.4) is 0 Å². The Morgan fingerprint density at radius 3 is 2.92 bits per heavy atom. The molecule has 2 amide bonds. The quantitative estimate of drug-likeness (QED) is 0.789. The summed E-state index contributed by atoms with van der Waals surface area (Å²) in [4.78, 5) is 14.3. The number of carbonyl (C=O) groups is 1. The van der Waals surface area contributed by atoms with Crippen molar-refractivity contribution in [3.63, 3.8) is 0 Å². The van der Waals surface area contributed by atoms with Gasteiger partial charge < -0.3 is 15.2 Å². The minimum absolute atomic E-state index is 0.0957. The van der Waals surface area contributed by atoms with Crippen LogP contribution in [0, 0.1) is 0 Å². The number of aryl methyl sites for hydroxylation is 1. The summed E-state index contributed by atoms with van der Waals surface area (Å²) in [5.41, 5.74) is 0. The Kier molecular flexibility index (Phi) is 5.71. The van der Waals surface area contributed by atoms with Crippen molar-refractivity contribution in [2.24, 2.45) is 0 Å². The van der Waals surface area contributed by atoms with Gasteiger partial charge in [0.15, 0.2) is 0 Å². The van der Waals surface area contributed by atoms with Gasteiger partial charge in [0.2, 0.25) is 0 Å². The van der Waals surface area contributed by atoms with Gasteiger partial charge in [-0.15, -0.1) is 10.2 Å². The molecule has 3 rings (SSSR count). The molecular formula is C17H30N6O. The van der Waals surface area contributed by atoms with Crippen LogP contribution in [0.4, 0.5) is 4.79 Å². The van der Waals surface area contributed by atoms with Gasteiger partial charge in [-0.25, -0.2) is 4.79 Å². The number of hydrogen-bond acceptors (Lipinski definition) is 4. The lowest BCUT2D eigenvalue weighted by molar-refractivity contribution is 0.222. The van der Waals surface area contributed by atoms with Crippen molar-refractivity contribution >= 4 is 6.03 Å². The van der Waals surface area contributed by atoms with E-state index in [0.717, 1.165) is 31.0 Å². The molecule has 1 atom stereocenters. The number of fused-ring (bicyclic) bond motifs is 1. The molecule has 134 valence electrons. The molecule has 1 saturated carbocycles. The monoisotopic (exact) mass is 334 g/mol. The molecule has 24 heavy (non-hydrogen) atoms. The van der Waals surface area contributed by atoms with Crippen LogP contribution in [0.2, 0.25) is 0 Å². The third-order valence-corrected chi connectivity index (χ3v) is 5.20. The maximum absolute atomic E-state index is 11.9. The third kappa shape index (κ3) is 4.47. The van der Waals surface area contributed by atoms with Crippen LogP contribution in [-0.4, -0.2) is 57.9 Å². The van der Waals surface area contributed by atoms with E-state index < -0.39 is 0 Å². The second kappa shape index (κ2) is 7.96. The van der Waals surface area contributed by atoms with Crippen molar-refractivity contribution in [3.05, 3.63) is 11.6 Å². The number of carbonyl (C=O) groups excluding carboxylic acids is 1. The van der Waals surface area contributed by atoms with Crippen LogP contribution in [0.25, 0.3) is 0 Å². The number of nitrogens with zero attached hydrogens (tertiary/aromatic N) is 4. The van der Waals surface area contributed by atoms with Gasteiger partial charge in [-0.3, -0.25) is 4.90 Å². The van der Waals surface area contributed by atoms with Crippen LogP contribution < -0.4 is 10.6 Å². The van der Waals surface area contributed by atoms with Crippen molar-refractivity contribution in [2.45, 2.75) is 70.5 Å². The number of aromatic nitrogens is 3.